The zero-order valence-electron chi connectivity index (χ0n) is 12.5. The molecule has 21 heavy (non-hydrogen) atoms. The van der Waals surface area contributed by atoms with Crippen molar-refractivity contribution in [2.45, 2.75) is 69.2 Å². The van der Waals surface area contributed by atoms with Crippen molar-refractivity contribution in [3.05, 3.63) is 17.9 Å². The summed E-state index contributed by atoms with van der Waals surface area (Å²) in [5.41, 5.74) is 0. The smallest absolute Gasteiger partial charge is 0.276 e. The van der Waals surface area contributed by atoms with Crippen molar-refractivity contribution in [3.63, 3.8) is 0 Å². The third-order valence-electron chi connectivity index (χ3n) is 4.33. The van der Waals surface area contributed by atoms with Crippen LogP contribution in [0.15, 0.2) is 21.6 Å². The number of rotatable bonds is 5. The second kappa shape index (κ2) is 6.10. The van der Waals surface area contributed by atoms with E-state index in [9.17, 15) is 8.42 Å². The molecule has 2 heterocycles. The summed E-state index contributed by atoms with van der Waals surface area (Å²) in [5.74, 6) is 0.697. The van der Waals surface area contributed by atoms with E-state index in [2.05, 4.69) is 5.32 Å². The lowest BCUT2D eigenvalue weighted by Gasteiger charge is -2.24. The Morgan fingerprint density at radius 3 is 2.81 bits per heavy atom. The standard InChI is InChI=1S/C15H24N2O3S/c1-12-5-3-2-4-10-17(12)21(18,19)15-9-8-14(20-15)11-16-13-6-7-13/h8-9,12-13,16H,2-7,10-11H2,1H3. The van der Waals surface area contributed by atoms with Crippen LogP contribution < -0.4 is 5.32 Å². The molecule has 1 saturated heterocycles. The molecular formula is C15H24N2O3S. The summed E-state index contributed by atoms with van der Waals surface area (Å²) in [7, 11) is -3.50. The highest BCUT2D eigenvalue weighted by Crippen LogP contribution is 2.26. The number of sulfonamides is 1. The van der Waals surface area contributed by atoms with Gasteiger partial charge in [0.2, 0.25) is 5.09 Å². The van der Waals surface area contributed by atoms with E-state index >= 15 is 0 Å². The maximum Gasteiger partial charge on any atom is 0.276 e. The van der Waals surface area contributed by atoms with Gasteiger partial charge in [-0.2, -0.15) is 4.31 Å². The SMILES string of the molecule is CC1CCCCCN1S(=O)(=O)c1ccc(CNC2CC2)o1. The highest BCUT2D eigenvalue weighted by molar-refractivity contribution is 7.89. The Kier molecular flexibility index (Phi) is 4.38. The molecule has 1 atom stereocenters. The first-order valence-electron chi connectivity index (χ1n) is 7.91. The van der Waals surface area contributed by atoms with Gasteiger partial charge in [-0.15, -0.1) is 0 Å². The maximum absolute atomic E-state index is 12.7. The lowest BCUT2D eigenvalue weighted by molar-refractivity contribution is 0.321. The number of hydrogen-bond acceptors (Lipinski definition) is 4. The van der Waals surface area contributed by atoms with Crippen molar-refractivity contribution in [2.24, 2.45) is 0 Å². The van der Waals surface area contributed by atoms with Crippen LogP contribution in [0.1, 0.15) is 51.2 Å². The number of furan rings is 1. The molecule has 1 unspecified atom stereocenters. The monoisotopic (exact) mass is 312 g/mol. The van der Waals surface area contributed by atoms with Gasteiger partial charge in [-0.05, 0) is 44.7 Å². The lowest BCUT2D eigenvalue weighted by atomic mass is 10.1. The first-order chi connectivity index (χ1) is 10.1. The van der Waals surface area contributed by atoms with E-state index < -0.39 is 10.0 Å². The molecule has 0 bridgehead atoms. The van der Waals surface area contributed by atoms with Crippen LogP contribution in [-0.4, -0.2) is 31.4 Å². The van der Waals surface area contributed by atoms with Gasteiger partial charge in [0.05, 0.1) is 6.54 Å². The summed E-state index contributed by atoms with van der Waals surface area (Å²) in [5, 5.41) is 3.42. The fraction of sp³-hybridized carbons (Fsp3) is 0.733. The van der Waals surface area contributed by atoms with E-state index in [4.69, 9.17) is 4.42 Å². The van der Waals surface area contributed by atoms with E-state index in [0.29, 0.717) is 24.9 Å². The second-order valence-electron chi connectivity index (χ2n) is 6.19. The third kappa shape index (κ3) is 3.49. The van der Waals surface area contributed by atoms with E-state index in [0.717, 1.165) is 25.7 Å². The van der Waals surface area contributed by atoms with Crippen molar-refractivity contribution in [1.82, 2.24) is 9.62 Å². The fourth-order valence-corrected chi connectivity index (χ4v) is 4.48. The van der Waals surface area contributed by atoms with Gasteiger partial charge in [-0.3, -0.25) is 0 Å². The molecule has 1 aliphatic carbocycles. The minimum absolute atomic E-state index is 0.0515. The third-order valence-corrected chi connectivity index (χ3v) is 6.22. The Hall–Kier alpha value is -0.850. The molecule has 1 aromatic rings. The Morgan fingerprint density at radius 1 is 1.24 bits per heavy atom. The zero-order chi connectivity index (χ0) is 14.9. The summed E-state index contributed by atoms with van der Waals surface area (Å²) in [6.07, 6.45) is 6.47. The quantitative estimate of drug-likeness (QED) is 0.907. The highest BCUT2D eigenvalue weighted by Gasteiger charge is 2.32. The minimum atomic E-state index is -3.50. The van der Waals surface area contributed by atoms with E-state index in [-0.39, 0.29) is 11.1 Å². The van der Waals surface area contributed by atoms with Crippen molar-refractivity contribution in [3.8, 4) is 0 Å². The van der Waals surface area contributed by atoms with Gasteiger partial charge in [0.25, 0.3) is 10.0 Å². The molecule has 1 aromatic heterocycles. The van der Waals surface area contributed by atoms with Gasteiger partial charge in [0, 0.05) is 18.6 Å². The predicted molar refractivity (Wildman–Crippen MR) is 80.4 cm³/mol. The highest BCUT2D eigenvalue weighted by atomic mass is 32.2. The van der Waals surface area contributed by atoms with Crippen molar-refractivity contribution >= 4 is 10.0 Å². The molecule has 1 saturated carbocycles. The Bertz CT molecular complexity index is 577. The summed E-state index contributed by atoms with van der Waals surface area (Å²) >= 11 is 0. The van der Waals surface area contributed by atoms with Crippen LogP contribution >= 0.6 is 0 Å². The van der Waals surface area contributed by atoms with Gasteiger partial charge >= 0.3 is 0 Å². The average molecular weight is 312 g/mol. The van der Waals surface area contributed by atoms with Crippen LogP contribution in [0.4, 0.5) is 0 Å². The molecule has 0 amide bonds. The van der Waals surface area contributed by atoms with Crippen molar-refractivity contribution in [2.75, 3.05) is 6.54 Å². The first-order valence-corrected chi connectivity index (χ1v) is 9.35. The number of hydrogen-bond donors (Lipinski definition) is 1. The topological polar surface area (TPSA) is 62.6 Å². The summed E-state index contributed by atoms with van der Waals surface area (Å²) in [6.45, 7) is 3.19. The maximum atomic E-state index is 12.7. The van der Waals surface area contributed by atoms with E-state index in [1.54, 1.807) is 16.4 Å². The zero-order valence-corrected chi connectivity index (χ0v) is 13.4. The largest absolute Gasteiger partial charge is 0.447 e. The van der Waals surface area contributed by atoms with Crippen molar-refractivity contribution in [1.29, 1.82) is 0 Å². The minimum Gasteiger partial charge on any atom is -0.447 e. The van der Waals surface area contributed by atoms with Crippen LogP contribution in [0.5, 0.6) is 0 Å². The molecule has 6 heteroatoms. The van der Waals surface area contributed by atoms with Crippen LogP contribution in [-0.2, 0) is 16.6 Å². The average Bonchev–Trinajstić information content (AvgIpc) is 3.19. The second-order valence-corrected chi connectivity index (χ2v) is 8.01. The van der Waals surface area contributed by atoms with Crippen LogP contribution in [0.3, 0.4) is 0 Å². The van der Waals surface area contributed by atoms with Crippen molar-refractivity contribution < 1.29 is 12.8 Å². The molecule has 3 rings (SSSR count). The predicted octanol–water partition coefficient (Wildman–Crippen LogP) is 2.48. The first kappa shape index (κ1) is 15.1. The summed E-state index contributed by atoms with van der Waals surface area (Å²) < 4.78 is 32.6. The number of nitrogens with zero attached hydrogens (tertiary/aromatic N) is 1. The molecule has 0 aromatic carbocycles. The molecular weight excluding hydrogens is 288 g/mol. The molecule has 2 aliphatic rings. The van der Waals surface area contributed by atoms with Gasteiger partial charge in [-0.1, -0.05) is 12.8 Å². The van der Waals surface area contributed by atoms with Gasteiger partial charge in [0.15, 0.2) is 0 Å². The molecule has 2 fully saturated rings. The Balaban J connectivity index is 1.73. The number of nitrogens with one attached hydrogen (secondary N) is 1. The summed E-state index contributed by atoms with van der Waals surface area (Å²) in [6, 6.07) is 4.00. The Morgan fingerprint density at radius 2 is 2.05 bits per heavy atom. The van der Waals surface area contributed by atoms with Crippen LogP contribution in [0.25, 0.3) is 0 Å². The lowest BCUT2D eigenvalue weighted by Crippen LogP contribution is -2.38. The van der Waals surface area contributed by atoms with E-state index in [1.165, 1.54) is 12.8 Å². The molecule has 0 radical (unpaired) electrons. The van der Waals surface area contributed by atoms with E-state index in [1.807, 2.05) is 6.92 Å². The molecule has 1 N–H and O–H groups in total. The normalized spacial score (nSPS) is 24.9. The molecule has 1 aliphatic heterocycles. The van der Waals surface area contributed by atoms with Crippen LogP contribution in [0, 0.1) is 0 Å². The molecule has 0 spiro atoms. The summed E-state index contributed by atoms with van der Waals surface area (Å²) in [4.78, 5) is 0. The van der Waals surface area contributed by atoms with Gasteiger partial charge < -0.3 is 9.73 Å². The van der Waals surface area contributed by atoms with Gasteiger partial charge in [-0.25, -0.2) is 8.42 Å². The van der Waals surface area contributed by atoms with Gasteiger partial charge in [0.1, 0.15) is 5.76 Å². The molecule has 118 valence electrons. The Labute approximate surface area is 126 Å². The molecule has 5 nitrogen and oxygen atoms in total. The van der Waals surface area contributed by atoms with Crippen LogP contribution in [0.2, 0.25) is 0 Å². The fourth-order valence-electron chi connectivity index (χ4n) is 2.85.